The summed E-state index contributed by atoms with van der Waals surface area (Å²) < 4.78 is 34.4. The highest BCUT2D eigenvalue weighted by Gasteiger charge is 2.23. The first-order valence-electron chi connectivity index (χ1n) is 4.42. The fourth-order valence-electron chi connectivity index (χ4n) is 0.998. The molecule has 0 heterocycles. The summed E-state index contributed by atoms with van der Waals surface area (Å²) >= 11 is 0. The van der Waals surface area contributed by atoms with Crippen LogP contribution in [0.4, 0.5) is 8.78 Å². The minimum absolute atomic E-state index is 0.0259. The second-order valence-corrected chi connectivity index (χ2v) is 2.96. The number of aliphatic hydroxyl groups is 1. The first-order valence-corrected chi connectivity index (χ1v) is 4.42. The molecule has 15 heavy (non-hydrogen) atoms. The van der Waals surface area contributed by atoms with Crippen molar-refractivity contribution in [2.24, 2.45) is 0 Å². The van der Waals surface area contributed by atoms with Crippen LogP contribution >= 0.6 is 0 Å². The number of alkyl halides is 2. The van der Waals surface area contributed by atoms with Gasteiger partial charge in [0, 0.05) is 13.0 Å². The maximum atomic E-state index is 12.5. The van der Waals surface area contributed by atoms with E-state index in [-0.39, 0.29) is 19.0 Å². The van der Waals surface area contributed by atoms with Gasteiger partial charge < -0.3 is 14.6 Å². The molecule has 0 aliphatic heterocycles. The molecule has 0 atom stereocenters. The van der Waals surface area contributed by atoms with E-state index >= 15 is 0 Å². The van der Waals surface area contributed by atoms with Gasteiger partial charge in [-0.15, -0.1) is 0 Å². The van der Waals surface area contributed by atoms with Crippen LogP contribution in [0.25, 0.3) is 0 Å². The first kappa shape index (κ1) is 11.7. The average molecular weight is 218 g/mol. The van der Waals surface area contributed by atoms with Gasteiger partial charge in [0.25, 0.3) is 0 Å². The minimum atomic E-state index is -3.21. The maximum Gasteiger partial charge on any atom is 0.394 e. The smallest absolute Gasteiger partial charge is 0.394 e. The van der Waals surface area contributed by atoms with E-state index in [0.29, 0.717) is 12.7 Å². The quantitative estimate of drug-likeness (QED) is 0.822. The molecular weight excluding hydrogens is 206 g/mol. The molecule has 0 amide bonds. The summed E-state index contributed by atoms with van der Waals surface area (Å²) in [5.41, 5.74) is 0. The fraction of sp³-hybridized carbons (Fsp3) is 0.400. The zero-order chi connectivity index (χ0) is 11.3. The number of ether oxygens (including phenoxy) is 2. The molecule has 0 bridgehead atoms. The maximum absolute atomic E-state index is 12.5. The predicted molar refractivity (Wildman–Crippen MR) is 50.3 cm³/mol. The van der Waals surface area contributed by atoms with Crippen LogP contribution in [0.15, 0.2) is 24.3 Å². The molecular formula is C10H12F2O3. The van der Waals surface area contributed by atoms with Gasteiger partial charge in [-0.3, -0.25) is 0 Å². The van der Waals surface area contributed by atoms with E-state index < -0.39 is 6.11 Å². The lowest BCUT2D eigenvalue weighted by Crippen LogP contribution is -2.19. The van der Waals surface area contributed by atoms with E-state index in [1.54, 1.807) is 6.07 Å². The van der Waals surface area contributed by atoms with Crippen LogP contribution in [0, 0.1) is 0 Å². The van der Waals surface area contributed by atoms with E-state index in [9.17, 15) is 8.78 Å². The predicted octanol–water partition coefficient (Wildman–Crippen LogP) is 2.05. The van der Waals surface area contributed by atoms with Gasteiger partial charge in [0.1, 0.15) is 18.1 Å². The van der Waals surface area contributed by atoms with Gasteiger partial charge in [0.05, 0.1) is 6.61 Å². The summed E-state index contributed by atoms with van der Waals surface area (Å²) in [6.07, 6.45) is -3.21. The summed E-state index contributed by atoms with van der Waals surface area (Å²) in [4.78, 5) is 0. The highest BCUT2D eigenvalue weighted by Crippen LogP contribution is 2.24. The van der Waals surface area contributed by atoms with Crippen LogP contribution < -0.4 is 9.47 Å². The number of hydrogen-bond donors (Lipinski definition) is 1. The van der Waals surface area contributed by atoms with E-state index in [0.717, 1.165) is 0 Å². The van der Waals surface area contributed by atoms with Crippen molar-refractivity contribution in [3.63, 3.8) is 0 Å². The van der Waals surface area contributed by atoms with Gasteiger partial charge in [-0.05, 0) is 12.1 Å². The van der Waals surface area contributed by atoms with Crippen LogP contribution in [-0.2, 0) is 0 Å². The normalized spacial score (nSPS) is 11.2. The molecule has 0 fully saturated rings. The minimum Gasteiger partial charge on any atom is -0.491 e. The van der Waals surface area contributed by atoms with Crippen LogP contribution in [0.2, 0.25) is 0 Å². The van der Waals surface area contributed by atoms with E-state index in [1.165, 1.54) is 18.2 Å². The van der Waals surface area contributed by atoms with Gasteiger partial charge >= 0.3 is 6.11 Å². The summed E-state index contributed by atoms with van der Waals surface area (Å²) in [6, 6.07) is 5.88. The molecule has 1 N–H and O–H groups in total. The van der Waals surface area contributed by atoms with Crippen molar-refractivity contribution in [1.82, 2.24) is 0 Å². The summed E-state index contributed by atoms with van der Waals surface area (Å²) in [6.45, 7) is 0.648. The topological polar surface area (TPSA) is 38.7 Å². The second-order valence-electron chi connectivity index (χ2n) is 2.96. The number of aliphatic hydroxyl groups excluding tert-OH is 1. The Morgan fingerprint density at radius 1 is 1.33 bits per heavy atom. The molecule has 0 unspecified atom stereocenters. The van der Waals surface area contributed by atoms with Crippen LogP contribution in [0.1, 0.15) is 6.92 Å². The average Bonchev–Trinajstić information content (AvgIpc) is 2.12. The van der Waals surface area contributed by atoms with Crippen molar-refractivity contribution >= 4 is 0 Å². The molecule has 0 spiro atoms. The Morgan fingerprint density at radius 3 is 2.60 bits per heavy atom. The molecule has 84 valence electrons. The molecule has 0 radical (unpaired) electrons. The Balaban J connectivity index is 2.66. The lowest BCUT2D eigenvalue weighted by Gasteiger charge is -2.13. The lowest BCUT2D eigenvalue weighted by molar-refractivity contribution is -0.159. The first-order chi connectivity index (χ1) is 7.01. The number of benzene rings is 1. The van der Waals surface area contributed by atoms with Crippen molar-refractivity contribution in [3.05, 3.63) is 24.3 Å². The largest absolute Gasteiger partial charge is 0.491 e. The monoisotopic (exact) mass is 218 g/mol. The van der Waals surface area contributed by atoms with Crippen molar-refractivity contribution in [2.75, 3.05) is 13.2 Å². The third-order valence-electron chi connectivity index (χ3n) is 1.46. The van der Waals surface area contributed by atoms with Crippen LogP contribution in [0.3, 0.4) is 0 Å². The van der Waals surface area contributed by atoms with Gasteiger partial charge in [0.15, 0.2) is 0 Å². The molecule has 0 saturated heterocycles. The highest BCUT2D eigenvalue weighted by atomic mass is 19.3. The molecule has 1 rings (SSSR count). The molecule has 0 aromatic heterocycles. The molecule has 1 aromatic rings. The van der Waals surface area contributed by atoms with Crippen molar-refractivity contribution in [3.8, 4) is 11.5 Å². The van der Waals surface area contributed by atoms with Crippen molar-refractivity contribution in [1.29, 1.82) is 0 Å². The Labute approximate surface area is 86.2 Å². The lowest BCUT2D eigenvalue weighted by atomic mass is 10.3. The Bertz CT molecular complexity index is 310. The molecule has 0 aliphatic carbocycles. The third kappa shape index (κ3) is 4.60. The molecule has 5 heteroatoms. The summed E-state index contributed by atoms with van der Waals surface area (Å²) in [7, 11) is 0. The number of hydrogen-bond acceptors (Lipinski definition) is 3. The second kappa shape index (κ2) is 4.93. The number of halogens is 2. The SMILES string of the molecule is CC(F)(F)Oc1cccc(OCCO)c1. The van der Waals surface area contributed by atoms with E-state index in [1.807, 2.05) is 0 Å². The van der Waals surface area contributed by atoms with Gasteiger partial charge in [0.2, 0.25) is 0 Å². The van der Waals surface area contributed by atoms with Crippen molar-refractivity contribution < 1.29 is 23.4 Å². The molecule has 3 nitrogen and oxygen atoms in total. The van der Waals surface area contributed by atoms with Gasteiger partial charge in [-0.25, -0.2) is 0 Å². The zero-order valence-electron chi connectivity index (χ0n) is 8.24. The van der Waals surface area contributed by atoms with Gasteiger partial charge in [-0.2, -0.15) is 8.78 Å². The Morgan fingerprint density at radius 2 is 2.00 bits per heavy atom. The molecule has 1 aromatic carbocycles. The molecule has 0 aliphatic rings. The Hall–Kier alpha value is -1.36. The highest BCUT2D eigenvalue weighted by molar-refractivity contribution is 5.33. The molecule has 0 saturated carbocycles. The fourth-order valence-corrected chi connectivity index (χ4v) is 0.998. The van der Waals surface area contributed by atoms with E-state index in [2.05, 4.69) is 4.74 Å². The Kier molecular flexibility index (Phi) is 3.85. The standard InChI is InChI=1S/C10H12F2O3/c1-10(11,12)15-9-4-2-3-8(7-9)14-6-5-13/h2-4,7,13H,5-6H2,1H3. The van der Waals surface area contributed by atoms with Crippen molar-refractivity contribution in [2.45, 2.75) is 13.0 Å². The number of rotatable bonds is 5. The summed E-state index contributed by atoms with van der Waals surface area (Å²) in [5.74, 6) is 0.406. The van der Waals surface area contributed by atoms with Gasteiger partial charge in [-0.1, -0.05) is 6.07 Å². The zero-order valence-corrected chi connectivity index (χ0v) is 8.24. The third-order valence-corrected chi connectivity index (χ3v) is 1.46. The van der Waals surface area contributed by atoms with Crippen LogP contribution in [-0.4, -0.2) is 24.4 Å². The van der Waals surface area contributed by atoms with Crippen LogP contribution in [0.5, 0.6) is 11.5 Å². The van der Waals surface area contributed by atoms with E-state index in [4.69, 9.17) is 9.84 Å². The summed E-state index contributed by atoms with van der Waals surface area (Å²) in [5, 5.41) is 8.51.